The fourth-order valence-corrected chi connectivity index (χ4v) is 2.16. The summed E-state index contributed by atoms with van der Waals surface area (Å²) in [5.41, 5.74) is -0.374. The first-order chi connectivity index (χ1) is 5.11. The molecule has 2 rings (SSSR count). The SMILES string of the molecule is CC1(C)OC(F)C2CCCN21. The highest BCUT2D eigenvalue weighted by molar-refractivity contribution is 4.93. The van der Waals surface area contributed by atoms with Gasteiger partial charge >= 0.3 is 0 Å². The molecule has 0 amide bonds. The number of hydrogen-bond acceptors (Lipinski definition) is 2. The van der Waals surface area contributed by atoms with Gasteiger partial charge in [0.05, 0.1) is 6.04 Å². The Labute approximate surface area is 66.3 Å². The van der Waals surface area contributed by atoms with Crippen molar-refractivity contribution >= 4 is 0 Å². The van der Waals surface area contributed by atoms with Crippen LogP contribution in [0, 0.1) is 0 Å². The number of nitrogens with zero attached hydrogens (tertiary/aromatic N) is 1. The van der Waals surface area contributed by atoms with E-state index in [-0.39, 0.29) is 11.8 Å². The highest BCUT2D eigenvalue weighted by Crippen LogP contribution is 2.38. The minimum Gasteiger partial charge on any atom is -0.326 e. The molecule has 0 aromatic carbocycles. The fraction of sp³-hybridized carbons (Fsp3) is 1.00. The summed E-state index contributed by atoms with van der Waals surface area (Å²) >= 11 is 0. The van der Waals surface area contributed by atoms with Crippen molar-refractivity contribution in [2.45, 2.75) is 44.8 Å². The number of halogens is 1. The van der Waals surface area contributed by atoms with Crippen LogP contribution < -0.4 is 0 Å². The molecule has 11 heavy (non-hydrogen) atoms. The number of alkyl halides is 1. The maximum atomic E-state index is 13.1. The molecule has 0 spiro atoms. The first-order valence-electron chi connectivity index (χ1n) is 4.20. The molecule has 0 saturated carbocycles. The van der Waals surface area contributed by atoms with E-state index in [1.165, 1.54) is 0 Å². The minimum atomic E-state index is -1.06. The summed E-state index contributed by atoms with van der Waals surface area (Å²) in [7, 11) is 0. The maximum absolute atomic E-state index is 13.1. The van der Waals surface area contributed by atoms with Crippen molar-refractivity contribution in [1.82, 2.24) is 4.90 Å². The molecule has 2 nitrogen and oxygen atoms in total. The van der Waals surface area contributed by atoms with E-state index in [1.54, 1.807) is 0 Å². The molecule has 2 heterocycles. The third-order valence-electron chi connectivity index (χ3n) is 2.69. The van der Waals surface area contributed by atoms with E-state index >= 15 is 0 Å². The van der Waals surface area contributed by atoms with Crippen LogP contribution in [0.5, 0.6) is 0 Å². The zero-order chi connectivity index (χ0) is 8.06. The van der Waals surface area contributed by atoms with Gasteiger partial charge in [-0.1, -0.05) is 0 Å². The van der Waals surface area contributed by atoms with E-state index in [0.717, 1.165) is 19.4 Å². The second-order valence-electron chi connectivity index (χ2n) is 3.82. The summed E-state index contributed by atoms with van der Waals surface area (Å²) in [5.74, 6) is 0. The summed E-state index contributed by atoms with van der Waals surface area (Å²) in [5, 5.41) is 0. The molecule has 2 fully saturated rings. The van der Waals surface area contributed by atoms with E-state index in [4.69, 9.17) is 4.74 Å². The van der Waals surface area contributed by atoms with Crippen molar-refractivity contribution in [2.75, 3.05) is 6.54 Å². The largest absolute Gasteiger partial charge is 0.326 e. The lowest BCUT2D eigenvalue weighted by Gasteiger charge is -2.27. The number of hydrogen-bond donors (Lipinski definition) is 0. The molecule has 2 unspecified atom stereocenters. The molecule has 0 bridgehead atoms. The summed E-state index contributed by atoms with van der Waals surface area (Å²) in [6, 6.07) is 0.0324. The molecule has 64 valence electrons. The van der Waals surface area contributed by atoms with Crippen molar-refractivity contribution in [3.05, 3.63) is 0 Å². The Morgan fingerprint density at radius 3 is 2.91 bits per heavy atom. The summed E-state index contributed by atoms with van der Waals surface area (Å²) in [6.45, 7) is 4.86. The molecular weight excluding hydrogens is 145 g/mol. The van der Waals surface area contributed by atoms with Crippen molar-refractivity contribution in [2.24, 2.45) is 0 Å². The molecule has 2 atom stereocenters. The predicted octanol–water partition coefficient (Wildman–Crippen LogP) is 1.51. The number of rotatable bonds is 0. The van der Waals surface area contributed by atoms with Crippen LogP contribution in [0.25, 0.3) is 0 Å². The standard InChI is InChI=1S/C8H14FNO/c1-8(2)10-5-3-4-6(10)7(9)11-8/h6-7H,3-5H2,1-2H3. The van der Waals surface area contributed by atoms with Gasteiger partial charge in [-0.2, -0.15) is 0 Å². The molecule has 0 aromatic rings. The van der Waals surface area contributed by atoms with Gasteiger partial charge in [-0.15, -0.1) is 0 Å². The van der Waals surface area contributed by atoms with Gasteiger partial charge in [-0.05, 0) is 26.7 Å². The third kappa shape index (κ3) is 0.983. The molecule has 0 N–H and O–H groups in total. The quantitative estimate of drug-likeness (QED) is 0.531. The first kappa shape index (κ1) is 7.50. The predicted molar refractivity (Wildman–Crippen MR) is 39.8 cm³/mol. The average molecular weight is 159 g/mol. The maximum Gasteiger partial charge on any atom is 0.216 e. The monoisotopic (exact) mass is 159 g/mol. The van der Waals surface area contributed by atoms with Gasteiger partial charge < -0.3 is 4.74 Å². The van der Waals surface area contributed by atoms with Crippen LogP contribution in [0.1, 0.15) is 26.7 Å². The van der Waals surface area contributed by atoms with E-state index in [9.17, 15) is 4.39 Å². The normalized spacial score (nSPS) is 42.8. The van der Waals surface area contributed by atoms with Crippen LogP contribution in [0.15, 0.2) is 0 Å². The van der Waals surface area contributed by atoms with Crippen LogP contribution in [0.3, 0.4) is 0 Å². The smallest absolute Gasteiger partial charge is 0.216 e. The van der Waals surface area contributed by atoms with E-state index < -0.39 is 6.36 Å². The second kappa shape index (κ2) is 2.17. The molecule has 0 aliphatic carbocycles. The second-order valence-corrected chi connectivity index (χ2v) is 3.82. The molecule has 2 aliphatic heterocycles. The first-order valence-corrected chi connectivity index (χ1v) is 4.20. The van der Waals surface area contributed by atoms with Crippen LogP contribution in [0.4, 0.5) is 4.39 Å². The van der Waals surface area contributed by atoms with Gasteiger partial charge in [0, 0.05) is 6.54 Å². The Balaban J connectivity index is 2.20. The highest BCUT2D eigenvalue weighted by atomic mass is 19.1. The lowest BCUT2D eigenvalue weighted by atomic mass is 10.2. The van der Waals surface area contributed by atoms with Crippen molar-refractivity contribution in [3.8, 4) is 0 Å². The zero-order valence-corrected chi connectivity index (χ0v) is 7.01. The average Bonchev–Trinajstić information content (AvgIpc) is 2.37. The third-order valence-corrected chi connectivity index (χ3v) is 2.69. The summed E-state index contributed by atoms with van der Waals surface area (Å²) in [6.07, 6.45) is 0.996. The van der Waals surface area contributed by atoms with Crippen molar-refractivity contribution in [3.63, 3.8) is 0 Å². The Bertz CT molecular complexity index is 171. The van der Waals surface area contributed by atoms with Gasteiger partial charge in [0.2, 0.25) is 6.36 Å². The molecule has 2 aliphatic rings. The lowest BCUT2D eigenvalue weighted by molar-refractivity contribution is -0.112. The number of fused-ring (bicyclic) bond motifs is 1. The van der Waals surface area contributed by atoms with Gasteiger partial charge in [0.15, 0.2) is 0 Å². The Morgan fingerprint density at radius 2 is 2.27 bits per heavy atom. The minimum absolute atomic E-state index is 0.0324. The van der Waals surface area contributed by atoms with E-state index in [0.29, 0.717) is 0 Å². The van der Waals surface area contributed by atoms with Crippen LogP contribution in [0.2, 0.25) is 0 Å². The lowest BCUT2D eigenvalue weighted by Crippen LogP contribution is -2.40. The van der Waals surface area contributed by atoms with Crippen LogP contribution >= 0.6 is 0 Å². The molecule has 2 saturated heterocycles. The van der Waals surface area contributed by atoms with Crippen molar-refractivity contribution < 1.29 is 9.13 Å². The fourth-order valence-electron chi connectivity index (χ4n) is 2.16. The van der Waals surface area contributed by atoms with E-state index in [1.807, 2.05) is 13.8 Å². The molecule has 0 aromatic heterocycles. The topological polar surface area (TPSA) is 12.5 Å². The summed E-state index contributed by atoms with van der Waals surface area (Å²) in [4.78, 5) is 2.12. The molecule has 0 radical (unpaired) electrons. The molecule has 3 heteroatoms. The van der Waals surface area contributed by atoms with Gasteiger partial charge in [0.25, 0.3) is 0 Å². The Morgan fingerprint density at radius 1 is 1.55 bits per heavy atom. The van der Waals surface area contributed by atoms with Crippen molar-refractivity contribution in [1.29, 1.82) is 0 Å². The van der Waals surface area contributed by atoms with Gasteiger partial charge in [0.1, 0.15) is 5.72 Å². The number of ether oxygens (including phenoxy) is 1. The van der Waals surface area contributed by atoms with Gasteiger partial charge in [-0.3, -0.25) is 4.90 Å². The zero-order valence-electron chi connectivity index (χ0n) is 7.01. The van der Waals surface area contributed by atoms with E-state index in [2.05, 4.69) is 4.90 Å². The van der Waals surface area contributed by atoms with Gasteiger partial charge in [-0.25, -0.2) is 4.39 Å². The van der Waals surface area contributed by atoms with Crippen LogP contribution in [-0.4, -0.2) is 29.6 Å². The Kier molecular flexibility index (Phi) is 1.48. The Hall–Kier alpha value is -0.150. The molecular formula is C8H14FNO. The highest BCUT2D eigenvalue weighted by Gasteiger charge is 2.49. The summed E-state index contributed by atoms with van der Waals surface area (Å²) < 4.78 is 18.3. The van der Waals surface area contributed by atoms with Crippen LogP contribution in [-0.2, 0) is 4.74 Å².